The van der Waals surface area contributed by atoms with Crippen LogP contribution in [0.3, 0.4) is 0 Å². The van der Waals surface area contributed by atoms with E-state index in [1.807, 2.05) is 14.0 Å². The number of thioether (sulfide) groups is 1. The van der Waals surface area contributed by atoms with Crippen molar-refractivity contribution in [3.8, 4) is 0 Å². The average molecular weight is 308 g/mol. The highest BCUT2D eigenvalue weighted by Gasteiger charge is 2.14. The van der Waals surface area contributed by atoms with Gasteiger partial charge >= 0.3 is 0 Å². The molecule has 2 unspecified atom stereocenters. The fourth-order valence-electron chi connectivity index (χ4n) is 2.01. The van der Waals surface area contributed by atoms with Gasteiger partial charge in [0.25, 0.3) is 0 Å². The summed E-state index contributed by atoms with van der Waals surface area (Å²) in [7, 11) is 1.96. The van der Waals surface area contributed by atoms with Crippen LogP contribution in [0.4, 0.5) is 0 Å². The summed E-state index contributed by atoms with van der Waals surface area (Å²) in [5.74, 6) is 0.128. The van der Waals surface area contributed by atoms with Crippen molar-refractivity contribution in [1.82, 2.24) is 10.6 Å². The first-order valence-corrected chi connectivity index (χ1v) is 8.68. The fraction of sp³-hybridized carbons (Fsp3) is 0.588. The Morgan fingerprint density at radius 1 is 1.29 bits per heavy atom. The molecule has 0 aliphatic heterocycles. The molecule has 0 saturated heterocycles. The molecule has 1 aromatic rings. The number of carbonyl (C=O) groups is 1. The molecule has 0 bridgehead atoms. The predicted molar refractivity (Wildman–Crippen MR) is 91.8 cm³/mol. The van der Waals surface area contributed by atoms with Gasteiger partial charge in [-0.05, 0) is 45.0 Å². The molecule has 0 spiro atoms. The maximum atomic E-state index is 12.0. The van der Waals surface area contributed by atoms with E-state index in [2.05, 4.69) is 48.7 Å². The SMILES string of the molecule is CCCCCNC(=O)C(C)Sc1cccc(C(C)NC)c1. The molecule has 2 atom stereocenters. The van der Waals surface area contributed by atoms with E-state index in [0.717, 1.165) is 17.9 Å². The zero-order chi connectivity index (χ0) is 15.7. The molecule has 0 aromatic heterocycles. The first kappa shape index (κ1) is 18.1. The summed E-state index contributed by atoms with van der Waals surface area (Å²) in [6.45, 7) is 7.05. The lowest BCUT2D eigenvalue weighted by molar-refractivity contribution is -0.120. The number of benzene rings is 1. The van der Waals surface area contributed by atoms with Gasteiger partial charge in [-0.1, -0.05) is 31.9 Å². The summed E-state index contributed by atoms with van der Waals surface area (Å²) in [6.07, 6.45) is 3.41. The summed E-state index contributed by atoms with van der Waals surface area (Å²) in [6, 6.07) is 8.71. The van der Waals surface area contributed by atoms with E-state index >= 15 is 0 Å². The van der Waals surface area contributed by atoms with Gasteiger partial charge in [0.15, 0.2) is 0 Å². The van der Waals surface area contributed by atoms with Gasteiger partial charge in [-0.25, -0.2) is 0 Å². The summed E-state index contributed by atoms with van der Waals surface area (Å²) < 4.78 is 0. The van der Waals surface area contributed by atoms with Crippen molar-refractivity contribution in [2.75, 3.05) is 13.6 Å². The zero-order valence-electron chi connectivity index (χ0n) is 13.6. The van der Waals surface area contributed by atoms with Crippen LogP contribution in [-0.2, 0) is 4.79 Å². The molecule has 2 N–H and O–H groups in total. The van der Waals surface area contributed by atoms with Gasteiger partial charge in [0, 0.05) is 17.5 Å². The van der Waals surface area contributed by atoms with Crippen LogP contribution in [0.25, 0.3) is 0 Å². The van der Waals surface area contributed by atoms with Gasteiger partial charge in [0.1, 0.15) is 0 Å². The lowest BCUT2D eigenvalue weighted by atomic mass is 10.1. The largest absolute Gasteiger partial charge is 0.355 e. The van der Waals surface area contributed by atoms with Gasteiger partial charge in [0.05, 0.1) is 5.25 Å². The Hall–Kier alpha value is -1.00. The highest BCUT2D eigenvalue weighted by atomic mass is 32.2. The van der Waals surface area contributed by atoms with Crippen molar-refractivity contribution in [1.29, 1.82) is 0 Å². The topological polar surface area (TPSA) is 41.1 Å². The molecule has 4 heteroatoms. The summed E-state index contributed by atoms with van der Waals surface area (Å²) in [4.78, 5) is 13.2. The lowest BCUT2D eigenvalue weighted by Crippen LogP contribution is -2.31. The zero-order valence-corrected chi connectivity index (χ0v) is 14.4. The normalized spacial score (nSPS) is 13.7. The monoisotopic (exact) mass is 308 g/mol. The Labute approximate surface area is 133 Å². The van der Waals surface area contributed by atoms with Crippen LogP contribution in [0.1, 0.15) is 51.6 Å². The third kappa shape index (κ3) is 6.53. The second-order valence-electron chi connectivity index (χ2n) is 5.34. The van der Waals surface area contributed by atoms with Crippen molar-refractivity contribution < 1.29 is 4.79 Å². The molecule has 1 rings (SSSR count). The molecule has 0 aliphatic rings. The minimum Gasteiger partial charge on any atom is -0.355 e. The van der Waals surface area contributed by atoms with E-state index in [4.69, 9.17) is 0 Å². The molecule has 3 nitrogen and oxygen atoms in total. The fourth-order valence-corrected chi connectivity index (χ4v) is 2.97. The van der Waals surface area contributed by atoms with Crippen molar-refractivity contribution in [3.05, 3.63) is 29.8 Å². The maximum absolute atomic E-state index is 12.0. The Morgan fingerprint density at radius 2 is 2.05 bits per heavy atom. The van der Waals surface area contributed by atoms with Crippen molar-refractivity contribution in [2.24, 2.45) is 0 Å². The van der Waals surface area contributed by atoms with Gasteiger partial charge in [-0.15, -0.1) is 11.8 Å². The standard InChI is InChI=1S/C17H28N2OS/c1-5-6-7-11-19-17(20)14(3)21-16-10-8-9-15(12-16)13(2)18-4/h8-10,12-14,18H,5-7,11H2,1-4H3,(H,19,20). The molecular weight excluding hydrogens is 280 g/mol. The van der Waals surface area contributed by atoms with Crippen LogP contribution in [-0.4, -0.2) is 24.7 Å². The van der Waals surface area contributed by atoms with Crippen molar-refractivity contribution in [3.63, 3.8) is 0 Å². The molecule has 118 valence electrons. The minimum atomic E-state index is -0.0632. The van der Waals surface area contributed by atoms with Crippen LogP contribution < -0.4 is 10.6 Å². The second kappa shape index (κ2) is 9.85. The van der Waals surface area contributed by atoms with Crippen LogP contribution in [0, 0.1) is 0 Å². The van der Waals surface area contributed by atoms with Crippen LogP contribution in [0.15, 0.2) is 29.2 Å². The molecule has 0 heterocycles. The van der Waals surface area contributed by atoms with Crippen molar-refractivity contribution >= 4 is 17.7 Å². The summed E-state index contributed by atoms with van der Waals surface area (Å²) in [5.41, 5.74) is 1.25. The molecular formula is C17H28N2OS. The quantitative estimate of drug-likeness (QED) is 0.539. The molecule has 0 radical (unpaired) electrons. The highest BCUT2D eigenvalue weighted by Crippen LogP contribution is 2.26. The van der Waals surface area contributed by atoms with Gasteiger partial charge in [0.2, 0.25) is 5.91 Å². The molecule has 1 amide bonds. The average Bonchev–Trinajstić information content (AvgIpc) is 2.50. The Morgan fingerprint density at radius 3 is 2.71 bits per heavy atom. The second-order valence-corrected chi connectivity index (χ2v) is 6.76. The number of carbonyl (C=O) groups excluding carboxylic acids is 1. The third-order valence-electron chi connectivity index (χ3n) is 3.55. The Kier molecular flexibility index (Phi) is 8.47. The molecule has 21 heavy (non-hydrogen) atoms. The smallest absolute Gasteiger partial charge is 0.233 e. The van der Waals surface area contributed by atoms with Crippen molar-refractivity contribution in [2.45, 2.75) is 56.2 Å². The number of hydrogen-bond donors (Lipinski definition) is 2. The van der Waals surface area contributed by atoms with Gasteiger partial charge < -0.3 is 10.6 Å². The number of unbranched alkanes of at least 4 members (excludes halogenated alkanes) is 2. The number of amides is 1. The van der Waals surface area contributed by atoms with E-state index in [9.17, 15) is 4.79 Å². The molecule has 0 aliphatic carbocycles. The van der Waals surface area contributed by atoms with Crippen LogP contribution in [0.5, 0.6) is 0 Å². The minimum absolute atomic E-state index is 0.0632. The van der Waals surface area contributed by atoms with Crippen LogP contribution in [0.2, 0.25) is 0 Å². The lowest BCUT2D eigenvalue weighted by Gasteiger charge is -2.14. The first-order valence-electron chi connectivity index (χ1n) is 7.80. The Balaban J connectivity index is 2.50. The summed E-state index contributed by atoms with van der Waals surface area (Å²) in [5, 5.41) is 6.19. The molecule has 0 fully saturated rings. The summed E-state index contributed by atoms with van der Waals surface area (Å²) >= 11 is 1.62. The van der Waals surface area contributed by atoms with E-state index in [-0.39, 0.29) is 11.2 Å². The van der Waals surface area contributed by atoms with E-state index < -0.39 is 0 Å². The maximum Gasteiger partial charge on any atom is 0.233 e. The number of nitrogens with one attached hydrogen (secondary N) is 2. The van der Waals surface area contributed by atoms with E-state index in [1.165, 1.54) is 18.4 Å². The molecule has 0 saturated carbocycles. The first-order chi connectivity index (χ1) is 10.1. The Bertz CT molecular complexity index is 437. The van der Waals surface area contributed by atoms with Gasteiger partial charge in [-0.3, -0.25) is 4.79 Å². The predicted octanol–water partition coefficient (Wildman–Crippen LogP) is 3.75. The third-order valence-corrected chi connectivity index (χ3v) is 4.65. The van der Waals surface area contributed by atoms with E-state index in [1.54, 1.807) is 11.8 Å². The van der Waals surface area contributed by atoms with Crippen LogP contribution >= 0.6 is 11.8 Å². The highest BCUT2D eigenvalue weighted by molar-refractivity contribution is 8.00. The van der Waals surface area contributed by atoms with E-state index in [0.29, 0.717) is 6.04 Å². The molecule has 1 aromatic carbocycles. The van der Waals surface area contributed by atoms with Gasteiger partial charge in [-0.2, -0.15) is 0 Å². The number of hydrogen-bond acceptors (Lipinski definition) is 3. The number of rotatable bonds is 9.